The second-order valence-electron chi connectivity index (χ2n) is 11.2. The van der Waals surface area contributed by atoms with Crippen molar-refractivity contribution in [3.8, 4) is 5.69 Å². The minimum atomic E-state index is -4.47. The Morgan fingerprint density at radius 3 is 2.65 bits per heavy atom. The summed E-state index contributed by atoms with van der Waals surface area (Å²) in [7, 11) is 0. The third-order valence-corrected chi connectivity index (χ3v) is 7.64. The van der Waals surface area contributed by atoms with Gasteiger partial charge in [-0.15, -0.1) is 0 Å². The van der Waals surface area contributed by atoms with Gasteiger partial charge in [-0.3, -0.25) is 19.5 Å². The van der Waals surface area contributed by atoms with Crippen LogP contribution in [0.2, 0.25) is 5.02 Å². The molecule has 0 aliphatic carbocycles. The number of carbonyl (C=O) groups is 2. The Morgan fingerprint density at radius 2 is 1.93 bits per heavy atom. The third kappa shape index (κ3) is 9.50. The molecular formula is C30H37ClF3N7O2. The Labute approximate surface area is 254 Å². The molecule has 3 aromatic rings. The van der Waals surface area contributed by atoms with Crippen LogP contribution < -0.4 is 16.0 Å². The van der Waals surface area contributed by atoms with Crippen molar-refractivity contribution in [3.05, 3.63) is 77.3 Å². The van der Waals surface area contributed by atoms with Crippen molar-refractivity contribution in [2.45, 2.75) is 50.9 Å². The molecule has 43 heavy (non-hydrogen) atoms. The highest BCUT2D eigenvalue weighted by atomic mass is 35.5. The van der Waals surface area contributed by atoms with Gasteiger partial charge >= 0.3 is 6.18 Å². The summed E-state index contributed by atoms with van der Waals surface area (Å²) in [5.74, 6) is -1.16. The van der Waals surface area contributed by atoms with E-state index < -0.39 is 30.2 Å². The summed E-state index contributed by atoms with van der Waals surface area (Å²) in [6.45, 7) is 4.31. The van der Waals surface area contributed by atoms with Crippen LogP contribution in [-0.4, -0.2) is 76.4 Å². The number of pyridine rings is 1. The number of benzene rings is 1. The number of rotatable bonds is 12. The zero-order chi connectivity index (χ0) is 31.0. The molecule has 3 heterocycles. The molecule has 2 unspecified atom stereocenters. The van der Waals surface area contributed by atoms with Crippen LogP contribution in [0, 0.1) is 5.92 Å². The molecule has 0 spiro atoms. The lowest BCUT2D eigenvalue weighted by Crippen LogP contribution is -2.58. The molecular weight excluding hydrogens is 583 g/mol. The molecule has 1 aromatic carbocycles. The monoisotopic (exact) mass is 619 g/mol. The van der Waals surface area contributed by atoms with Crippen LogP contribution in [0.3, 0.4) is 0 Å². The van der Waals surface area contributed by atoms with Crippen molar-refractivity contribution < 1.29 is 22.8 Å². The van der Waals surface area contributed by atoms with Crippen LogP contribution in [-0.2, 0) is 21.5 Å². The number of carbonyl (C=O) groups excluding carboxylic acids is 2. The molecule has 0 radical (unpaired) electrons. The molecule has 0 bridgehead atoms. The quantitative estimate of drug-likeness (QED) is 0.285. The first-order chi connectivity index (χ1) is 20.4. The summed E-state index contributed by atoms with van der Waals surface area (Å²) in [4.78, 5) is 32.2. The maximum Gasteiger partial charge on any atom is 0.405 e. The Bertz CT molecular complexity index is 1370. The highest BCUT2D eigenvalue weighted by Crippen LogP contribution is 2.23. The molecule has 2 aromatic heterocycles. The second kappa shape index (κ2) is 14.3. The van der Waals surface area contributed by atoms with Crippen molar-refractivity contribution in [1.82, 2.24) is 35.6 Å². The van der Waals surface area contributed by atoms with Gasteiger partial charge in [0.15, 0.2) is 0 Å². The van der Waals surface area contributed by atoms with E-state index in [0.717, 1.165) is 5.56 Å². The highest BCUT2D eigenvalue weighted by molar-refractivity contribution is 6.30. The Morgan fingerprint density at radius 1 is 1.16 bits per heavy atom. The largest absolute Gasteiger partial charge is 0.405 e. The molecule has 4 rings (SSSR count). The van der Waals surface area contributed by atoms with Gasteiger partial charge in [0.2, 0.25) is 11.8 Å². The fourth-order valence-corrected chi connectivity index (χ4v) is 5.31. The van der Waals surface area contributed by atoms with E-state index in [-0.39, 0.29) is 18.4 Å². The van der Waals surface area contributed by atoms with Crippen molar-refractivity contribution in [2.24, 2.45) is 5.92 Å². The number of alkyl halides is 3. The number of hydrogen-bond acceptors (Lipinski definition) is 6. The zero-order valence-corrected chi connectivity index (χ0v) is 25.0. The smallest absolute Gasteiger partial charge is 0.346 e. The Hall–Kier alpha value is -3.48. The lowest BCUT2D eigenvalue weighted by Gasteiger charge is -2.35. The Balaban J connectivity index is 1.42. The summed E-state index contributed by atoms with van der Waals surface area (Å²) in [5.41, 5.74) is 1.59. The van der Waals surface area contributed by atoms with E-state index in [2.05, 4.69) is 20.7 Å². The number of halogens is 4. The predicted molar refractivity (Wildman–Crippen MR) is 158 cm³/mol. The first-order valence-electron chi connectivity index (χ1n) is 14.2. The van der Waals surface area contributed by atoms with Crippen molar-refractivity contribution in [1.29, 1.82) is 0 Å². The van der Waals surface area contributed by atoms with Gasteiger partial charge in [0, 0.05) is 37.9 Å². The van der Waals surface area contributed by atoms with E-state index in [1.54, 1.807) is 23.1 Å². The number of nitrogens with one attached hydrogen (secondary N) is 3. The van der Waals surface area contributed by atoms with Crippen molar-refractivity contribution >= 4 is 23.4 Å². The SMILES string of the molecule is CC(C)(NC(=O)C(CCCN1CCNCC1C(=O)NCC(F)(F)F)Cc1ccccc1)c1ccn(-c2cncc(Cl)c2)n1. The molecule has 1 fully saturated rings. The molecule has 9 nitrogen and oxygen atoms in total. The van der Waals surface area contributed by atoms with E-state index in [4.69, 9.17) is 11.6 Å². The fourth-order valence-electron chi connectivity index (χ4n) is 5.14. The molecule has 3 N–H and O–H groups in total. The van der Waals surface area contributed by atoms with Crippen LogP contribution in [0.1, 0.15) is 37.9 Å². The van der Waals surface area contributed by atoms with Crippen LogP contribution >= 0.6 is 11.6 Å². The maximum atomic E-state index is 13.7. The highest BCUT2D eigenvalue weighted by Gasteiger charge is 2.34. The van der Waals surface area contributed by atoms with E-state index in [1.807, 2.05) is 60.5 Å². The first kappa shape index (κ1) is 32.4. The van der Waals surface area contributed by atoms with Gasteiger partial charge in [0.1, 0.15) is 12.6 Å². The first-order valence-corrected chi connectivity index (χ1v) is 14.6. The number of nitrogens with zero attached hydrogens (tertiary/aromatic N) is 4. The molecule has 1 saturated heterocycles. The number of aromatic nitrogens is 3. The maximum absolute atomic E-state index is 13.7. The molecule has 0 saturated carbocycles. The molecule has 2 amide bonds. The fraction of sp³-hybridized carbons (Fsp3) is 0.467. The Kier molecular flexibility index (Phi) is 10.8. The van der Waals surface area contributed by atoms with Gasteiger partial charge in [-0.05, 0) is 57.4 Å². The molecule has 1 aliphatic rings. The summed E-state index contributed by atoms with van der Waals surface area (Å²) in [6, 6.07) is 12.6. The van der Waals surface area contributed by atoms with Crippen LogP contribution in [0.4, 0.5) is 13.2 Å². The molecule has 232 valence electrons. The normalized spacial score (nSPS) is 16.9. The minimum Gasteiger partial charge on any atom is -0.346 e. The number of piperazine rings is 1. The van der Waals surface area contributed by atoms with E-state index >= 15 is 0 Å². The van der Waals surface area contributed by atoms with Gasteiger partial charge in [0.05, 0.1) is 28.1 Å². The average Bonchev–Trinajstić information content (AvgIpc) is 3.47. The summed E-state index contributed by atoms with van der Waals surface area (Å²) in [6.07, 6.45) is 2.13. The topological polar surface area (TPSA) is 104 Å². The molecule has 2 atom stereocenters. The van der Waals surface area contributed by atoms with Gasteiger partial charge in [0.25, 0.3) is 0 Å². The minimum absolute atomic E-state index is 0.132. The second-order valence-corrected chi connectivity index (χ2v) is 11.7. The number of amides is 2. The number of hydrogen-bond donors (Lipinski definition) is 3. The third-order valence-electron chi connectivity index (χ3n) is 7.43. The van der Waals surface area contributed by atoms with E-state index in [1.165, 1.54) is 6.20 Å². The lowest BCUT2D eigenvalue weighted by atomic mass is 9.91. The summed E-state index contributed by atoms with van der Waals surface area (Å²) < 4.78 is 39.6. The van der Waals surface area contributed by atoms with E-state index in [9.17, 15) is 22.8 Å². The van der Waals surface area contributed by atoms with Crippen LogP contribution in [0.15, 0.2) is 61.1 Å². The molecule has 13 heteroatoms. The van der Waals surface area contributed by atoms with Crippen molar-refractivity contribution in [3.63, 3.8) is 0 Å². The van der Waals surface area contributed by atoms with Gasteiger partial charge in [-0.25, -0.2) is 4.68 Å². The average molecular weight is 620 g/mol. The predicted octanol–water partition coefficient (Wildman–Crippen LogP) is 3.86. The zero-order valence-electron chi connectivity index (χ0n) is 24.2. The van der Waals surface area contributed by atoms with Crippen LogP contribution in [0.5, 0.6) is 0 Å². The standard InChI is InChI=1S/C30H37ClF3N7O2/c1-29(2,26-10-13-41(39-26)24-16-23(31)17-36-18-24)38-27(42)22(15-21-7-4-3-5-8-21)9-6-12-40-14-11-35-19-25(40)28(43)37-20-30(32,33)34/h3-5,7-8,10,13,16-18,22,25,35H,6,9,11-12,14-15,19-20H2,1-2H3,(H,37,43)(H,38,42). The lowest BCUT2D eigenvalue weighted by molar-refractivity contribution is -0.142. The summed E-state index contributed by atoms with van der Waals surface area (Å²) in [5, 5.41) is 13.4. The summed E-state index contributed by atoms with van der Waals surface area (Å²) >= 11 is 6.08. The molecule has 1 aliphatic heterocycles. The van der Waals surface area contributed by atoms with E-state index in [0.29, 0.717) is 55.3 Å². The van der Waals surface area contributed by atoms with Gasteiger partial charge in [-0.2, -0.15) is 18.3 Å². The van der Waals surface area contributed by atoms with Gasteiger partial charge in [-0.1, -0.05) is 41.9 Å². The van der Waals surface area contributed by atoms with Crippen LogP contribution in [0.25, 0.3) is 5.69 Å². The van der Waals surface area contributed by atoms with Crippen molar-refractivity contribution in [2.75, 3.05) is 32.7 Å². The van der Waals surface area contributed by atoms with Gasteiger partial charge < -0.3 is 16.0 Å².